The van der Waals surface area contributed by atoms with E-state index >= 15 is 0 Å². The molecule has 1 N–H and O–H groups in total. The number of halogens is 1. The van der Waals surface area contributed by atoms with E-state index < -0.39 is 5.82 Å². The summed E-state index contributed by atoms with van der Waals surface area (Å²) in [5.74, 6) is -0.186. The van der Waals surface area contributed by atoms with Crippen LogP contribution in [0, 0.1) is 5.82 Å². The molecule has 1 aromatic rings. The summed E-state index contributed by atoms with van der Waals surface area (Å²) in [6.07, 6.45) is 0. The van der Waals surface area contributed by atoms with Crippen LogP contribution in [-0.2, 0) is 4.79 Å². The van der Waals surface area contributed by atoms with Gasteiger partial charge >= 0.3 is 0 Å². The van der Waals surface area contributed by atoms with Gasteiger partial charge in [-0.05, 0) is 24.6 Å². The van der Waals surface area contributed by atoms with E-state index in [1.165, 1.54) is 18.1 Å². The lowest BCUT2D eigenvalue weighted by molar-refractivity contribution is -0.127. The van der Waals surface area contributed by atoms with E-state index in [2.05, 4.69) is 5.32 Å². The van der Waals surface area contributed by atoms with Crippen LogP contribution in [0.1, 0.15) is 18.5 Å². The van der Waals surface area contributed by atoms with E-state index in [1.54, 1.807) is 26.2 Å². The maximum absolute atomic E-state index is 13.2. The fourth-order valence-corrected chi connectivity index (χ4v) is 1.46. The van der Waals surface area contributed by atoms with Crippen LogP contribution in [0.2, 0.25) is 0 Å². The molecule has 0 aliphatic carbocycles. The Morgan fingerprint density at radius 2 is 2.17 bits per heavy atom. The number of hydrogen-bond donors (Lipinski definition) is 1. The summed E-state index contributed by atoms with van der Waals surface area (Å²) < 4.78 is 18.2. The standard InChI is InChI=1S/C13H19FN2O2/c1-9(15-8-13(17)16(2)3)10-5-6-11(14)12(7-10)18-4/h5-7,9,15H,8H2,1-4H3. The highest BCUT2D eigenvalue weighted by molar-refractivity contribution is 5.77. The van der Waals surface area contributed by atoms with Gasteiger partial charge in [0.25, 0.3) is 0 Å². The van der Waals surface area contributed by atoms with Gasteiger partial charge in [-0.25, -0.2) is 4.39 Å². The number of carbonyl (C=O) groups is 1. The summed E-state index contributed by atoms with van der Waals surface area (Å²) in [7, 11) is 4.83. The molecule has 1 aromatic carbocycles. The highest BCUT2D eigenvalue weighted by Gasteiger charge is 2.11. The van der Waals surface area contributed by atoms with Gasteiger partial charge in [-0.2, -0.15) is 0 Å². The molecular formula is C13H19FN2O2. The van der Waals surface area contributed by atoms with Gasteiger partial charge in [0.1, 0.15) is 0 Å². The molecule has 0 fully saturated rings. The molecule has 4 nitrogen and oxygen atoms in total. The summed E-state index contributed by atoms with van der Waals surface area (Å²) in [4.78, 5) is 13.0. The lowest BCUT2D eigenvalue weighted by atomic mass is 10.1. The smallest absolute Gasteiger partial charge is 0.236 e. The predicted molar refractivity (Wildman–Crippen MR) is 68.1 cm³/mol. The molecule has 0 radical (unpaired) electrons. The Morgan fingerprint density at radius 3 is 2.72 bits per heavy atom. The third-order valence-electron chi connectivity index (χ3n) is 2.73. The number of benzene rings is 1. The van der Waals surface area contributed by atoms with E-state index in [1.807, 2.05) is 6.92 Å². The molecule has 1 rings (SSSR count). The maximum atomic E-state index is 13.2. The Labute approximate surface area is 107 Å². The number of likely N-dealkylation sites (N-methyl/N-ethyl adjacent to an activating group) is 1. The maximum Gasteiger partial charge on any atom is 0.236 e. The van der Waals surface area contributed by atoms with Crippen molar-refractivity contribution in [3.63, 3.8) is 0 Å². The number of rotatable bonds is 5. The van der Waals surface area contributed by atoms with Gasteiger partial charge in [-0.1, -0.05) is 6.07 Å². The second-order valence-corrected chi connectivity index (χ2v) is 4.28. The van der Waals surface area contributed by atoms with E-state index in [9.17, 15) is 9.18 Å². The molecule has 0 spiro atoms. The predicted octanol–water partition coefficient (Wildman–Crippen LogP) is 1.57. The number of hydrogen-bond acceptors (Lipinski definition) is 3. The van der Waals surface area contributed by atoms with Crippen LogP contribution in [0.3, 0.4) is 0 Å². The van der Waals surface area contributed by atoms with Gasteiger partial charge in [0.15, 0.2) is 11.6 Å². The third kappa shape index (κ3) is 3.70. The van der Waals surface area contributed by atoms with Gasteiger partial charge in [0.2, 0.25) is 5.91 Å². The van der Waals surface area contributed by atoms with Crippen LogP contribution in [0.4, 0.5) is 4.39 Å². The Morgan fingerprint density at radius 1 is 1.50 bits per heavy atom. The largest absolute Gasteiger partial charge is 0.494 e. The molecule has 1 unspecified atom stereocenters. The second kappa shape index (κ2) is 6.35. The molecule has 1 amide bonds. The van der Waals surface area contributed by atoms with E-state index in [4.69, 9.17) is 4.74 Å². The first-order valence-electron chi connectivity index (χ1n) is 5.72. The van der Waals surface area contributed by atoms with Crippen molar-refractivity contribution < 1.29 is 13.9 Å². The summed E-state index contributed by atoms with van der Waals surface area (Å²) >= 11 is 0. The number of nitrogens with zero attached hydrogens (tertiary/aromatic N) is 1. The van der Waals surface area contributed by atoms with Crippen molar-refractivity contribution in [3.8, 4) is 5.75 Å². The zero-order valence-corrected chi connectivity index (χ0v) is 11.2. The Hall–Kier alpha value is -1.62. The minimum Gasteiger partial charge on any atom is -0.494 e. The molecule has 0 aromatic heterocycles. The van der Waals surface area contributed by atoms with Crippen molar-refractivity contribution in [1.82, 2.24) is 10.2 Å². The minimum atomic E-state index is -0.391. The molecule has 18 heavy (non-hydrogen) atoms. The van der Waals surface area contributed by atoms with Crippen molar-refractivity contribution in [1.29, 1.82) is 0 Å². The molecule has 1 atom stereocenters. The zero-order chi connectivity index (χ0) is 13.7. The monoisotopic (exact) mass is 254 g/mol. The first-order valence-corrected chi connectivity index (χ1v) is 5.72. The average Bonchev–Trinajstić information content (AvgIpc) is 2.35. The highest BCUT2D eigenvalue weighted by atomic mass is 19.1. The van der Waals surface area contributed by atoms with E-state index in [0.717, 1.165) is 5.56 Å². The topological polar surface area (TPSA) is 41.6 Å². The number of carbonyl (C=O) groups excluding carboxylic acids is 1. The number of ether oxygens (including phenoxy) is 1. The van der Waals surface area contributed by atoms with Crippen LogP contribution in [0.15, 0.2) is 18.2 Å². The Kier molecular flexibility index (Phi) is 5.09. The Balaban J connectivity index is 2.67. The van der Waals surface area contributed by atoms with Gasteiger partial charge in [0, 0.05) is 20.1 Å². The Bertz CT molecular complexity index is 421. The fourth-order valence-electron chi connectivity index (χ4n) is 1.46. The van der Waals surface area contributed by atoms with E-state index in [-0.39, 0.29) is 24.2 Å². The number of methoxy groups -OCH3 is 1. The van der Waals surface area contributed by atoms with Gasteiger partial charge < -0.3 is 15.0 Å². The lowest BCUT2D eigenvalue weighted by Gasteiger charge is -2.17. The van der Waals surface area contributed by atoms with Crippen molar-refractivity contribution in [2.24, 2.45) is 0 Å². The van der Waals surface area contributed by atoms with Crippen molar-refractivity contribution in [3.05, 3.63) is 29.6 Å². The van der Waals surface area contributed by atoms with Gasteiger partial charge in [0.05, 0.1) is 13.7 Å². The highest BCUT2D eigenvalue weighted by Crippen LogP contribution is 2.22. The van der Waals surface area contributed by atoms with Crippen LogP contribution < -0.4 is 10.1 Å². The number of nitrogens with one attached hydrogen (secondary N) is 1. The summed E-state index contributed by atoms with van der Waals surface area (Å²) in [5.41, 5.74) is 0.875. The molecule has 0 bridgehead atoms. The van der Waals surface area contributed by atoms with Crippen molar-refractivity contribution in [2.45, 2.75) is 13.0 Å². The van der Waals surface area contributed by atoms with Crippen LogP contribution in [0.25, 0.3) is 0 Å². The molecule has 100 valence electrons. The van der Waals surface area contributed by atoms with Gasteiger partial charge in [-0.3, -0.25) is 4.79 Å². The SMILES string of the molecule is COc1cc(C(C)NCC(=O)N(C)C)ccc1F. The summed E-state index contributed by atoms with van der Waals surface area (Å²) in [6.45, 7) is 2.16. The van der Waals surface area contributed by atoms with Gasteiger partial charge in [-0.15, -0.1) is 0 Å². The normalized spacial score (nSPS) is 12.1. The molecule has 0 aliphatic heterocycles. The molecule has 0 saturated heterocycles. The van der Waals surface area contributed by atoms with E-state index in [0.29, 0.717) is 0 Å². The minimum absolute atomic E-state index is 0.00377. The molecule has 0 saturated carbocycles. The third-order valence-corrected chi connectivity index (χ3v) is 2.73. The van der Waals surface area contributed by atoms with Crippen molar-refractivity contribution in [2.75, 3.05) is 27.7 Å². The zero-order valence-electron chi connectivity index (χ0n) is 11.2. The lowest BCUT2D eigenvalue weighted by Crippen LogP contribution is -2.34. The fraction of sp³-hybridized carbons (Fsp3) is 0.462. The second-order valence-electron chi connectivity index (χ2n) is 4.28. The molecule has 0 aliphatic rings. The van der Waals surface area contributed by atoms with Crippen LogP contribution >= 0.6 is 0 Å². The summed E-state index contributed by atoms with van der Waals surface area (Å²) in [6, 6.07) is 4.62. The first kappa shape index (κ1) is 14.4. The molecule has 0 heterocycles. The van der Waals surface area contributed by atoms with Crippen LogP contribution in [0.5, 0.6) is 5.75 Å². The molecular weight excluding hydrogens is 235 g/mol. The van der Waals surface area contributed by atoms with Crippen molar-refractivity contribution >= 4 is 5.91 Å². The first-order chi connectivity index (χ1) is 8.45. The number of amides is 1. The molecule has 5 heteroatoms. The average molecular weight is 254 g/mol. The quantitative estimate of drug-likeness (QED) is 0.867. The summed E-state index contributed by atoms with van der Waals surface area (Å²) in [5, 5.41) is 3.08. The van der Waals surface area contributed by atoms with Crippen LogP contribution in [-0.4, -0.2) is 38.6 Å².